The van der Waals surface area contributed by atoms with E-state index < -0.39 is 11.7 Å². The van der Waals surface area contributed by atoms with Crippen LogP contribution in [0.1, 0.15) is 35.4 Å². The molecule has 0 N–H and O–H groups in total. The van der Waals surface area contributed by atoms with Crippen LogP contribution in [0.25, 0.3) is 10.8 Å². The molecule has 1 fully saturated rings. The number of halogens is 3. The zero-order valence-corrected chi connectivity index (χ0v) is 16.5. The molecule has 0 spiro atoms. The Balaban J connectivity index is 1.47. The Morgan fingerprint density at radius 1 is 1.24 bits per heavy atom. The predicted molar refractivity (Wildman–Crippen MR) is 103 cm³/mol. The van der Waals surface area contributed by atoms with Crippen LogP contribution in [0.3, 0.4) is 0 Å². The van der Waals surface area contributed by atoms with Gasteiger partial charge >= 0.3 is 6.18 Å². The maximum Gasteiger partial charge on any atom is 0.416 e. The van der Waals surface area contributed by atoms with Gasteiger partial charge in [-0.15, -0.1) is 11.3 Å². The van der Waals surface area contributed by atoms with Gasteiger partial charge < -0.3 is 9.32 Å². The zero-order chi connectivity index (χ0) is 20.6. The molecular formula is C21H19F3N2O2S. The minimum Gasteiger partial charge on any atom is -0.440 e. The van der Waals surface area contributed by atoms with E-state index in [9.17, 15) is 18.0 Å². The molecule has 4 rings (SSSR count). The molecule has 1 amide bonds. The summed E-state index contributed by atoms with van der Waals surface area (Å²) in [4.78, 5) is 20.0. The van der Waals surface area contributed by atoms with Gasteiger partial charge in [0.25, 0.3) is 0 Å². The quantitative estimate of drug-likeness (QED) is 0.532. The Kier molecular flexibility index (Phi) is 5.21. The molecule has 2 aromatic heterocycles. The van der Waals surface area contributed by atoms with Gasteiger partial charge in [0.2, 0.25) is 11.8 Å². The molecule has 1 aromatic carbocycles. The lowest BCUT2D eigenvalue weighted by molar-refractivity contribution is -0.137. The number of thiophene rings is 1. The summed E-state index contributed by atoms with van der Waals surface area (Å²) in [5.41, 5.74) is 0.579. The SMILES string of the molecule is Cc1oc(-c2cccs2)nc1CC(=O)N(Cc1ccc(C(F)(F)F)cc1)C1CC1. The number of aryl methyl sites for hydroxylation is 1. The summed E-state index contributed by atoms with van der Waals surface area (Å²) < 4.78 is 44.0. The average Bonchev–Trinajstić information content (AvgIpc) is 3.23. The van der Waals surface area contributed by atoms with E-state index in [1.54, 1.807) is 11.8 Å². The summed E-state index contributed by atoms with van der Waals surface area (Å²) in [6.45, 7) is 2.07. The number of benzene rings is 1. The molecule has 152 valence electrons. The van der Waals surface area contributed by atoms with Crippen molar-refractivity contribution in [2.45, 2.75) is 44.9 Å². The van der Waals surface area contributed by atoms with Crippen molar-refractivity contribution >= 4 is 17.2 Å². The first-order valence-electron chi connectivity index (χ1n) is 9.27. The Bertz CT molecular complexity index is 990. The normalized spacial score (nSPS) is 14.2. The van der Waals surface area contributed by atoms with Gasteiger partial charge in [0.05, 0.1) is 22.6 Å². The number of amides is 1. The Morgan fingerprint density at radius 3 is 2.55 bits per heavy atom. The van der Waals surface area contributed by atoms with Crippen molar-refractivity contribution in [3.05, 3.63) is 64.4 Å². The fourth-order valence-electron chi connectivity index (χ4n) is 3.15. The molecule has 0 aliphatic heterocycles. The van der Waals surface area contributed by atoms with Gasteiger partial charge in [-0.3, -0.25) is 4.79 Å². The van der Waals surface area contributed by atoms with Gasteiger partial charge in [0.1, 0.15) is 5.76 Å². The van der Waals surface area contributed by atoms with Gasteiger partial charge in [-0.1, -0.05) is 18.2 Å². The van der Waals surface area contributed by atoms with Crippen LogP contribution in [-0.4, -0.2) is 21.8 Å². The number of nitrogens with zero attached hydrogens (tertiary/aromatic N) is 2. The second kappa shape index (κ2) is 7.67. The van der Waals surface area contributed by atoms with Gasteiger partial charge in [-0.25, -0.2) is 4.98 Å². The molecule has 2 heterocycles. The van der Waals surface area contributed by atoms with Crippen molar-refractivity contribution in [3.63, 3.8) is 0 Å². The van der Waals surface area contributed by atoms with E-state index >= 15 is 0 Å². The molecule has 0 bridgehead atoms. The lowest BCUT2D eigenvalue weighted by Crippen LogP contribution is -2.34. The molecule has 0 radical (unpaired) electrons. The largest absolute Gasteiger partial charge is 0.440 e. The van der Waals surface area contributed by atoms with Crippen LogP contribution in [0.4, 0.5) is 13.2 Å². The van der Waals surface area contributed by atoms with Crippen molar-refractivity contribution in [2.24, 2.45) is 0 Å². The van der Waals surface area contributed by atoms with E-state index in [0.717, 1.165) is 29.9 Å². The summed E-state index contributed by atoms with van der Waals surface area (Å²) >= 11 is 1.51. The maximum absolute atomic E-state index is 12.9. The number of rotatable bonds is 6. The molecule has 0 unspecified atom stereocenters. The van der Waals surface area contributed by atoms with Crippen molar-refractivity contribution in [2.75, 3.05) is 0 Å². The van der Waals surface area contributed by atoms with E-state index in [1.807, 2.05) is 17.5 Å². The third-order valence-electron chi connectivity index (χ3n) is 4.89. The fourth-order valence-corrected chi connectivity index (χ4v) is 3.79. The molecule has 1 aliphatic carbocycles. The first kappa shape index (κ1) is 19.7. The Labute approximate surface area is 170 Å². The third kappa shape index (κ3) is 4.53. The number of aromatic nitrogens is 1. The first-order valence-corrected chi connectivity index (χ1v) is 10.1. The van der Waals surface area contributed by atoms with Crippen LogP contribution in [0.5, 0.6) is 0 Å². The molecular weight excluding hydrogens is 401 g/mol. The summed E-state index contributed by atoms with van der Waals surface area (Å²) in [7, 11) is 0. The van der Waals surface area contributed by atoms with E-state index in [0.29, 0.717) is 22.9 Å². The number of hydrogen-bond acceptors (Lipinski definition) is 4. The number of hydrogen-bond donors (Lipinski definition) is 0. The predicted octanol–water partition coefficient (Wildman–Crippen LogP) is 5.46. The van der Waals surface area contributed by atoms with Crippen LogP contribution >= 0.6 is 11.3 Å². The summed E-state index contributed by atoms with van der Waals surface area (Å²) in [6, 6.07) is 8.92. The summed E-state index contributed by atoms with van der Waals surface area (Å²) in [5, 5.41) is 1.93. The highest BCUT2D eigenvalue weighted by Gasteiger charge is 2.34. The summed E-state index contributed by atoms with van der Waals surface area (Å²) in [6.07, 6.45) is -2.44. The Hall–Kier alpha value is -2.61. The highest BCUT2D eigenvalue weighted by molar-refractivity contribution is 7.13. The smallest absolute Gasteiger partial charge is 0.416 e. The highest BCUT2D eigenvalue weighted by Crippen LogP contribution is 2.32. The highest BCUT2D eigenvalue weighted by atomic mass is 32.1. The number of carbonyl (C=O) groups excluding carboxylic acids is 1. The second-order valence-corrected chi connectivity index (χ2v) is 8.07. The van der Waals surface area contributed by atoms with Crippen LogP contribution in [-0.2, 0) is 23.9 Å². The molecule has 0 saturated heterocycles. The van der Waals surface area contributed by atoms with Gasteiger partial charge in [0.15, 0.2) is 0 Å². The fraction of sp³-hybridized carbons (Fsp3) is 0.333. The van der Waals surface area contributed by atoms with E-state index in [-0.39, 0.29) is 24.9 Å². The van der Waals surface area contributed by atoms with Crippen LogP contribution in [0.2, 0.25) is 0 Å². The van der Waals surface area contributed by atoms with Crippen LogP contribution in [0.15, 0.2) is 46.2 Å². The number of oxazole rings is 1. The lowest BCUT2D eigenvalue weighted by atomic mass is 10.1. The van der Waals surface area contributed by atoms with Crippen molar-refractivity contribution in [1.82, 2.24) is 9.88 Å². The molecule has 1 saturated carbocycles. The van der Waals surface area contributed by atoms with E-state index in [1.165, 1.54) is 23.5 Å². The van der Waals surface area contributed by atoms with Crippen molar-refractivity contribution in [1.29, 1.82) is 0 Å². The van der Waals surface area contributed by atoms with Crippen molar-refractivity contribution in [3.8, 4) is 10.8 Å². The van der Waals surface area contributed by atoms with E-state index in [4.69, 9.17) is 4.42 Å². The first-order chi connectivity index (χ1) is 13.8. The standard InChI is InChI=1S/C21H19F3N2O2S/c1-13-17(25-20(28-13)18-3-2-10-29-18)11-19(27)26(16-8-9-16)12-14-4-6-15(7-5-14)21(22,23)24/h2-7,10,16H,8-9,11-12H2,1H3. The van der Waals surface area contributed by atoms with Crippen molar-refractivity contribution < 1.29 is 22.4 Å². The zero-order valence-electron chi connectivity index (χ0n) is 15.7. The average molecular weight is 420 g/mol. The number of alkyl halides is 3. The molecule has 0 atom stereocenters. The topological polar surface area (TPSA) is 46.3 Å². The van der Waals surface area contributed by atoms with Gasteiger partial charge in [-0.05, 0) is 48.9 Å². The monoisotopic (exact) mass is 420 g/mol. The minimum atomic E-state index is -4.37. The number of carbonyl (C=O) groups is 1. The molecule has 29 heavy (non-hydrogen) atoms. The van der Waals surface area contributed by atoms with E-state index in [2.05, 4.69) is 4.98 Å². The Morgan fingerprint density at radius 2 is 1.97 bits per heavy atom. The van der Waals surface area contributed by atoms with Gasteiger partial charge in [-0.2, -0.15) is 13.2 Å². The molecule has 8 heteroatoms. The minimum absolute atomic E-state index is 0.0958. The molecule has 1 aliphatic rings. The van der Waals surface area contributed by atoms with Crippen LogP contribution in [0, 0.1) is 6.92 Å². The molecule has 4 nitrogen and oxygen atoms in total. The summed E-state index contributed by atoms with van der Waals surface area (Å²) in [5.74, 6) is 1.01. The van der Waals surface area contributed by atoms with Gasteiger partial charge in [0, 0.05) is 12.6 Å². The second-order valence-electron chi connectivity index (χ2n) is 7.12. The third-order valence-corrected chi connectivity index (χ3v) is 5.74. The molecule has 3 aromatic rings. The maximum atomic E-state index is 12.9. The van der Waals surface area contributed by atoms with Crippen LogP contribution < -0.4 is 0 Å². The lowest BCUT2D eigenvalue weighted by Gasteiger charge is -2.22.